The zero-order chi connectivity index (χ0) is 22.0. The molecule has 1 aliphatic heterocycles. The Morgan fingerprint density at radius 3 is 2.52 bits per heavy atom. The monoisotopic (exact) mass is 418 g/mol. The number of benzene rings is 2. The van der Waals surface area contributed by atoms with Gasteiger partial charge >= 0.3 is 0 Å². The van der Waals surface area contributed by atoms with Crippen molar-refractivity contribution in [1.82, 2.24) is 25.1 Å². The number of amides is 2. The van der Waals surface area contributed by atoms with E-state index in [1.807, 2.05) is 30.0 Å². The number of anilines is 1. The highest BCUT2D eigenvalue weighted by atomic mass is 16.2. The lowest BCUT2D eigenvalue weighted by Crippen LogP contribution is -2.42. The molecular formula is C23H26N6O2. The normalized spacial score (nSPS) is 18.6. The maximum absolute atomic E-state index is 13.1. The Labute approximate surface area is 181 Å². The standard InChI is InChI=1S/C23H26N6O2/c1-15-9-16(2)13-28(12-15)23(31)19-8-7-17(3)21(11-19)25-22(30)18-5-4-6-20(10-18)29-14-24-26-27-29/h4-8,10-11,14-16H,9,12-13H2,1-3H3,(H,25,30). The number of tetrazole rings is 1. The van der Waals surface area contributed by atoms with Crippen molar-refractivity contribution in [3.63, 3.8) is 0 Å². The van der Waals surface area contributed by atoms with E-state index in [4.69, 9.17) is 0 Å². The summed E-state index contributed by atoms with van der Waals surface area (Å²) in [6.07, 6.45) is 2.61. The Morgan fingerprint density at radius 1 is 1.03 bits per heavy atom. The SMILES string of the molecule is Cc1ccc(C(=O)N2CC(C)CC(C)C2)cc1NC(=O)c1cccc(-n2cnnn2)c1. The second-order valence-electron chi connectivity index (χ2n) is 8.44. The van der Waals surface area contributed by atoms with Gasteiger partial charge in [-0.15, -0.1) is 5.10 Å². The van der Waals surface area contributed by atoms with Gasteiger partial charge < -0.3 is 10.2 Å². The Balaban J connectivity index is 1.53. The molecule has 1 saturated heterocycles. The summed E-state index contributed by atoms with van der Waals surface area (Å²) in [6.45, 7) is 7.80. The van der Waals surface area contributed by atoms with Crippen LogP contribution in [0.1, 0.15) is 46.5 Å². The average Bonchev–Trinajstić information content (AvgIpc) is 3.29. The molecule has 0 saturated carbocycles. The molecule has 1 aromatic heterocycles. The summed E-state index contributed by atoms with van der Waals surface area (Å²) in [5, 5.41) is 14.0. The summed E-state index contributed by atoms with van der Waals surface area (Å²) in [6, 6.07) is 12.5. The van der Waals surface area contributed by atoms with E-state index in [0.29, 0.717) is 34.3 Å². The van der Waals surface area contributed by atoms with Gasteiger partial charge in [-0.2, -0.15) is 0 Å². The summed E-state index contributed by atoms with van der Waals surface area (Å²) >= 11 is 0. The highest BCUT2D eigenvalue weighted by molar-refractivity contribution is 6.06. The van der Waals surface area contributed by atoms with Gasteiger partial charge in [-0.05, 0) is 71.5 Å². The molecule has 31 heavy (non-hydrogen) atoms. The summed E-state index contributed by atoms with van der Waals surface area (Å²) in [4.78, 5) is 27.9. The number of likely N-dealkylation sites (tertiary alicyclic amines) is 1. The fraction of sp³-hybridized carbons (Fsp3) is 0.348. The lowest BCUT2D eigenvalue weighted by molar-refractivity contribution is 0.0623. The second kappa shape index (κ2) is 8.67. The highest BCUT2D eigenvalue weighted by Gasteiger charge is 2.26. The molecule has 0 aliphatic carbocycles. The predicted octanol–water partition coefficient (Wildman–Crippen LogP) is 3.34. The zero-order valence-corrected chi connectivity index (χ0v) is 17.9. The number of carbonyl (C=O) groups excluding carboxylic acids is 2. The molecule has 2 unspecified atom stereocenters. The quantitative estimate of drug-likeness (QED) is 0.701. The van der Waals surface area contributed by atoms with Gasteiger partial charge in [0.05, 0.1) is 5.69 Å². The van der Waals surface area contributed by atoms with Crippen molar-refractivity contribution in [3.05, 3.63) is 65.5 Å². The van der Waals surface area contributed by atoms with Gasteiger partial charge in [-0.3, -0.25) is 9.59 Å². The Morgan fingerprint density at radius 2 is 1.81 bits per heavy atom. The van der Waals surface area contributed by atoms with Gasteiger partial charge in [0.15, 0.2) is 0 Å². The van der Waals surface area contributed by atoms with E-state index in [1.165, 1.54) is 11.0 Å². The third-order valence-corrected chi connectivity index (χ3v) is 5.61. The lowest BCUT2D eigenvalue weighted by Gasteiger charge is -2.35. The van der Waals surface area contributed by atoms with Crippen LogP contribution < -0.4 is 5.32 Å². The van der Waals surface area contributed by atoms with Crippen LogP contribution in [0.2, 0.25) is 0 Å². The van der Waals surface area contributed by atoms with Gasteiger partial charge in [0.25, 0.3) is 11.8 Å². The smallest absolute Gasteiger partial charge is 0.255 e. The zero-order valence-electron chi connectivity index (χ0n) is 17.9. The first-order chi connectivity index (χ1) is 14.9. The summed E-state index contributed by atoms with van der Waals surface area (Å²) in [5.41, 5.74) is 3.27. The molecule has 8 nitrogen and oxygen atoms in total. The van der Waals surface area contributed by atoms with E-state index in [0.717, 1.165) is 25.1 Å². The maximum atomic E-state index is 13.1. The first kappa shape index (κ1) is 20.7. The van der Waals surface area contributed by atoms with Crippen molar-refractivity contribution in [2.24, 2.45) is 11.8 Å². The minimum absolute atomic E-state index is 0.00887. The third kappa shape index (κ3) is 4.63. The van der Waals surface area contributed by atoms with E-state index in [-0.39, 0.29) is 11.8 Å². The van der Waals surface area contributed by atoms with Crippen LogP contribution in [0.3, 0.4) is 0 Å². The van der Waals surface area contributed by atoms with Crippen molar-refractivity contribution in [2.45, 2.75) is 27.2 Å². The van der Waals surface area contributed by atoms with Crippen LogP contribution in [0.25, 0.3) is 5.69 Å². The van der Waals surface area contributed by atoms with E-state index in [9.17, 15) is 9.59 Å². The fourth-order valence-corrected chi connectivity index (χ4v) is 4.16. The highest BCUT2D eigenvalue weighted by Crippen LogP contribution is 2.25. The molecule has 3 aromatic rings. The van der Waals surface area contributed by atoms with Crippen molar-refractivity contribution in [2.75, 3.05) is 18.4 Å². The van der Waals surface area contributed by atoms with Crippen LogP contribution in [0.15, 0.2) is 48.8 Å². The fourth-order valence-electron chi connectivity index (χ4n) is 4.16. The first-order valence-electron chi connectivity index (χ1n) is 10.5. The van der Waals surface area contributed by atoms with Crippen molar-refractivity contribution in [3.8, 4) is 5.69 Å². The molecule has 160 valence electrons. The molecule has 0 bridgehead atoms. The molecule has 0 radical (unpaired) electrons. The van der Waals surface area contributed by atoms with Gasteiger partial charge in [0.1, 0.15) is 6.33 Å². The van der Waals surface area contributed by atoms with Gasteiger partial charge in [-0.25, -0.2) is 4.68 Å². The number of hydrogen-bond acceptors (Lipinski definition) is 5. The van der Waals surface area contributed by atoms with E-state index >= 15 is 0 Å². The first-order valence-corrected chi connectivity index (χ1v) is 10.5. The van der Waals surface area contributed by atoms with E-state index < -0.39 is 0 Å². The topological polar surface area (TPSA) is 93.0 Å². The number of carbonyl (C=O) groups is 2. The van der Waals surface area contributed by atoms with Crippen LogP contribution in [0.5, 0.6) is 0 Å². The van der Waals surface area contributed by atoms with E-state index in [1.54, 1.807) is 24.3 Å². The minimum Gasteiger partial charge on any atom is -0.338 e. The van der Waals surface area contributed by atoms with Crippen LogP contribution in [-0.2, 0) is 0 Å². The summed E-state index contributed by atoms with van der Waals surface area (Å²) in [5.74, 6) is 0.729. The van der Waals surface area contributed by atoms with Crippen LogP contribution in [-0.4, -0.2) is 50.0 Å². The Bertz CT molecular complexity index is 1090. The third-order valence-electron chi connectivity index (χ3n) is 5.61. The molecule has 2 amide bonds. The molecule has 2 atom stereocenters. The van der Waals surface area contributed by atoms with Crippen LogP contribution >= 0.6 is 0 Å². The van der Waals surface area contributed by atoms with Crippen molar-refractivity contribution < 1.29 is 9.59 Å². The van der Waals surface area contributed by atoms with Gasteiger partial charge in [-0.1, -0.05) is 26.0 Å². The molecule has 8 heteroatoms. The number of piperidine rings is 1. The summed E-state index contributed by atoms with van der Waals surface area (Å²) < 4.78 is 1.49. The lowest BCUT2D eigenvalue weighted by atomic mass is 9.91. The number of nitrogens with one attached hydrogen (secondary N) is 1. The summed E-state index contributed by atoms with van der Waals surface area (Å²) in [7, 11) is 0. The minimum atomic E-state index is -0.261. The number of hydrogen-bond donors (Lipinski definition) is 1. The van der Waals surface area contributed by atoms with Crippen LogP contribution in [0, 0.1) is 18.8 Å². The van der Waals surface area contributed by atoms with Crippen molar-refractivity contribution in [1.29, 1.82) is 0 Å². The molecule has 4 rings (SSSR count). The van der Waals surface area contributed by atoms with Gasteiger partial charge in [0, 0.05) is 29.9 Å². The maximum Gasteiger partial charge on any atom is 0.255 e. The van der Waals surface area contributed by atoms with Gasteiger partial charge in [0.2, 0.25) is 0 Å². The molecule has 1 N–H and O–H groups in total. The molecule has 0 spiro atoms. The Hall–Kier alpha value is -3.55. The molecular weight excluding hydrogens is 392 g/mol. The number of rotatable bonds is 4. The molecule has 1 fully saturated rings. The number of aryl methyl sites for hydroxylation is 1. The molecule has 2 heterocycles. The number of aromatic nitrogens is 4. The molecule has 1 aliphatic rings. The van der Waals surface area contributed by atoms with Crippen molar-refractivity contribution >= 4 is 17.5 Å². The average molecular weight is 419 g/mol. The van der Waals surface area contributed by atoms with Crippen LogP contribution in [0.4, 0.5) is 5.69 Å². The van der Waals surface area contributed by atoms with E-state index in [2.05, 4.69) is 34.7 Å². The predicted molar refractivity (Wildman–Crippen MR) is 117 cm³/mol. The largest absolute Gasteiger partial charge is 0.338 e. The molecule has 2 aromatic carbocycles. The second-order valence-corrected chi connectivity index (χ2v) is 8.44. The Kier molecular flexibility index (Phi) is 5.79. The number of nitrogens with zero attached hydrogens (tertiary/aromatic N) is 5.